The number of nitrogens with zero attached hydrogens (tertiary/aromatic N) is 6. The first kappa shape index (κ1) is 6.81. The Balaban J connectivity index is 2.14. The van der Waals surface area contributed by atoms with Gasteiger partial charge < -0.3 is 0 Å². The fourth-order valence-electron chi connectivity index (χ4n) is 1.24. The maximum Gasteiger partial charge on any atom is 0.259 e. The molecule has 9 aromatic rings. The molecule has 0 saturated heterocycles. The minimum absolute atomic E-state index is 0.399. The standard InChI is InChI=1S/C6H3N9/c7-1-8-2(7)14-5-11-6(12-5)15-4-9-3(10-4)13-1/h(H3,7,8,9,10,11,12,13,14,15). The highest BCUT2D eigenvalue weighted by Crippen LogP contribution is 2.02. The number of H-pyrrole nitrogens is 3. The SMILES string of the molecule is n1c2nc1[nH]c1nc(n1)nc1[nH]c(n2)[nH]1. The first-order valence-electron chi connectivity index (χ1n) is 4.18. The maximum atomic E-state index is 4.04. The molecule has 0 aliphatic heterocycles. The smallest absolute Gasteiger partial charge is 0.259 e. The molecule has 0 spiro atoms. The topological polar surface area (TPSA) is 125 Å². The summed E-state index contributed by atoms with van der Waals surface area (Å²) in [6.45, 7) is 0. The second-order valence-electron chi connectivity index (χ2n) is 2.99. The van der Waals surface area contributed by atoms with Gasteiger partial charge in [-0.15, -0.1) is 0 Å². The van der Waals surface area contributed by atoms with Crippen LogP contribution in [-0.4, -0.2) is 44.9 Å². The molecule has 6 bridgehead atoms. The molecule has 3 N–H and O–H groups in total. The van der Waals surface area contributed by atoms with E-state index in [9.17, 15) is 0 Å². The van der Waals surface area contributed by atoms with E-state index in [0.717, 1.165) is 0 Å². The van der Waals surface area contributed by atoms with Crippen molar-refractivity contribution in [3.63, 3.8) is 0 Å². The highest BCUT2D eigenvalue weighted by molar-refractivity contribution is 5.55. The third kappa shape index (κ3) is 0.907. The molecule has 0 atom stereocenters. The van der Waals surface area contributed by atoms with Crippen molar-refractivity contribution in [3.8, 4) is 0 Å². The van der Waals surface area contributed by atoms with Gasteiger partial charge in [-0.3, -0.25) is 15.0 Å². The van der Waals surface area contributed by atoms with Gasteiger partial charge in [-0.05, 0) is 0 Å². The van der Waals surface area contributed by atoms with E-state index >= 15 is 0 Å². The van der Waals surface area contributed by atoms with Crippen LogP contribution in [0.15, 0.2) is 0 Å². The summed E-state index contributed by atoms with van der Waals surface area (Å²) in [4.78, 5) is 32.6. The normalized spacial score (nSPS) is 12.0. The van der Waals surface area contributed by atoms with Gasteiger partial charge in [0, 0.05) is 0 Å². The lowest BCUT2D eigenvalue weighted by molar-refractivity contribution is 1.01. The first-order chi connectivity index (χ1) is 7.35. The Bertz CT molecular complexity index is 574. The fourth-order valence-corrected chi connectivity index (χ4v) is 1.24. The average Bonchev–Trinajstić information content (AvgIpc) is 1.93. The molecule has 0 saturated carbocycles. The molecule has 9 rings (SSSR count). The summed E-state index contributed by atoms with van der Waals surface area (Å²) in [6, 6.07) is 0. The van der Waals surface area contributed by atoms with Crippen LogP contribution >= 0.6 is 0 Å². The second kappa shape index (κ2) is 2.08. The summed E-state index contributed by atoms with van der Waals surface area (Å²) in [5, 5.41) is 0. The van der Waals surface area contributed by atoms with Crippen LogP contribution in [0.2, 0.25) is 0 Å². The van der Waals surface area contributed by atoms with E-state index in [1.165, 1.54) is 0 Å². The van der Waals surface area contributed by atoms with Crippen LogP contribution < -0.4 is 0 Å². The molecule has 72 valence electrons. The van der Waals surface area contributed by atoms with Gasteiger partial charge in [0.15, 0.2) is 0 Å². The van der Waals surface area contributed by atoms with E-state index in [1.54, 1.807) is 0 Å². The molecule has 0 unspecified atom stereocenters. The minimum Gasteiger partial charge on any atom is -0.295 e. The summed E-state index contributed by atoms with van der Waals surface area (Å²) in [7, 11) is 0. The number of aromatic amines is 3. The molecule has 0 radical (unpaired) electrons. The second-order valence-corrected chi connectivity index (χ2v) is 2.99. The highest BCUT2D eigenvalue weighted by Gasteiger charge is 2.04. The third-order valence-electron chi connectivity index (χ3n) is 1.94. The fraction of sp³-hybridized carbons (Fsp3) is 0. The molecule has 9 nitrogen and oxygen atoms in total. The zero-order valence-electron chi connectivity index (χ0n) is 7.18. The van der Waals surface area contributed by atoms with Gasteiger partial charge in [0.25, 0.3) is 11.6 Å². The summed E-state index contributed by atoms with van der Waals surface area (Å²) < 4.78 is 0. The van der Waals surface area contributed by atoms with Gasteiger partial charge in [-0.2, -0.15) is 29.9 Å². The van der Waals surface area contributed by atoms with Gasteiger partial charge in [-0.25, -0.2) is 0 Å². The molecule has 9 aromatic heterocycles. The Morgan fingerprint density at radius 1 is 0.533 bits per heavy atom. The number of hydrogen-bond donors (Lipinski definition) is 3. The van der Waals surface area contributed by atoms with Crippen molar-refractivity contribution in [2.24, 2.45) is 0 Å². The Hall–Kier alpha value is -2.58. The first-order valence-corrected chi connectivity index (χ1v) is 4.18. The van der Waals surface area contributed by atoms with Crippen LogP contribution in [0.4, 0.5) is 0 Å². The van der Waals surface area contributed by atoms with E-state index in [0.29, 0.717) is 34.7 Å². The van der Waals surface area contributed by atoms with E-state index in [2.05, 4.69) is 44.9 Å². The largest absolute Gasteiger partial charge is 0.295 e. The molecule has 9 heterocycles. The van der Waals surface area contributed by atoms with Crippen molar-refractivity contribution in [2.75, 3.05) is 0 Å². The van der Waals surface area contributed by atoms with Crippen LogP contribution in [0.5, 0.6) is 0 Å². The van der Waals surface area contributed by atoms with Gasteiger partial charge in [0.2, 0.25) is 23.1 Å². The van der Waals surface area contributed by atoms with E-state index in [4.69, 9.17) is 0 Å². The molecular formula is C6H3N9. The monoisotopic (exact) mass is 201 g/mol. The predicted octanol–water partition coefficient (Wildman–Crippen LogP) is -0.500. The number of aromatic nitrogens is 9. The zero-order valence-corrected chi connectivity index (χ0v) is 7.18. The van der Waals surface area contributed by atoms with Crippen LogP contribution in [0.25, 0.3) is 34.7 Å². The van der Waals surface area contributed by atoms with E-state index in [1.807, 2.05) is 0 Å². The zero-order chi connectivity index (χ0) is 9.83. The number of nitrogens with one attached hydrogen (secondary N) is 3. The van der Waals surface area contributed by atoms with Crippen LogP contribution in [0.3, 0.4) is 0 Å². The highest BCUT2D eigenvalue weighted by atomic mass is 15.3. The summed E-state index contributed by atoms with van der Waals surface area (Å²) in [5.74, 6) is 2.85. The maximum absolute atomic E-state index is 4.04. The minimum atomic E-state index is 0.399. The van der Waals surface area contributed by atoms with Crippen molar-refractivity contribution in [2.45, 2.75) is 0 Å². The van der Waals surface area contributed by atoms with Crippen LogP contribution in [-0.2, 0) is 0 Å². The van der Waals surface area contributed by atoms with Crippen LogP contribution in [0.1, 0.15) is 0 Å². The predicted molar refractivity (Wildman–Crippen MR) is 48.8 cm³/mol. The summed E-state index contributed by atoms with van der Waals surface area (Å²) >= 11 is 0. The Kier molecular flexibility index (Phi) is 0.944. The lowest BCUT2D eigenvalue weighted by atomic mass is 10.8. The Labute approximate surface area is 80.4 Å². The lowest BCUT2D eigenvalue weighted by Crippen LogP contribution is -2.04. The van der Waals surface area contributed by atoms with Gasteiger partial charge in [-0.1, -0.05) is 0 Å². The molecule has 0 fully saturated rings. The van der Waals surface area contributed by atoms with Gasteiger partial charge >= 0.3 is 0 Å². The van der Waals surface area contributed by atoms with Gasteiger partial charge in [0.05, 0.1) is 0 Å². The third-order valence-corrected chi connectivity index (χ3v) is 1.94. The van der Waals surface area contributed by atoms with Crippen molar-refractivity contribution in [1.82, 2.24) is 44.9 Å². The van der Waals surface area contributed by atoms with Crippen LogP contribution in [0, 0.1) is 0 Å². The quantitative estimate of drug-likeness (QED) is 0.352. The van der Waals surface area contributed by atoms with Crippen molar-refractivity contribution in [3.05, 3.63) is 0 Å². The summed E-state index contributed by atoms with van der Waals surface area (Å²) in [6.07, 6.45) is 0. The van der Waals surface area contributed by atoms with Crippen molar-refractivity contribution < 1.29 is 0 Å². The van der Waals surface area contributed by atoms with Crippen molar-refractivity contribution in [1.29, 1.82) is 0 Å². The summed E-state index contributed by atoms with van der Waals surface area (Å²) in [5.41, 5.74) is 0. The average molecular weight is 201 g/mol. The molecular weight excluding hydrogens is 198 g/mol. The molecule has 9 heteroatoms. The number of rotatable bonds is 0. The molecule has 15 heavy (non-hydrogen) atoms. The Morgan fingerprint density at radius 3 is 1.47 bits per heavy atom. The van der Waals surface area contributed by atoms with Gasteiger partial charge in [0.1, 0.15) is 0 Å². The molecule has 0 amide bonds. The lowest BCUT2D eigenvalue weighted by Gasteiger charge is -2.00. The molecule has 0 aliphatic carbocycles. The molecule has 0 aromatic carbocycles. The number of hydrogen-bond acceptors (Lipinski definition) is 6. The molecule has 0 aliphatic rings. The van der Waals surface area contributed by atoms with Crippen molar-refractivity contribution >= 4 is 34.7 Å². The van der Waals surface area contributed by atoms with E-state index in [-0.39, 0.29) is 0 Å². The Morgan fingerprint density at radius 2 is 1.00 bits per heavy atom. The van der Waals surface area contributed by atoms with E-state index < -0.39 is 0 Å².